The molecule has 0 spiro atoms. The van der Waals surface area contributed by atoms with Gasteiger partial charge in [-0.3, -0.25) is 9.69 Å². The molecule has 0 aliphatic rings. The van der Waals surface area contributed by atoms with E-state index in [-0.39, 0.29) is 24.8 Å². The molecule has 0 aliphatic carbocycles. The van der Waals surface area contributed by atoms with Gasteiger partial charge in [-0.1, -0.05) is 6.92 Å². The number of carbonyl (C=O) groups is 1. The summed E-state index contributed by atoms with van der Waals surface area (Å²) in [5.74, 6) is -0.185. The molecule has 1 aromatic rings. The molecule has 21 heavy (non-hydrogen) atoms. The zero-order valence-electron chi connectivity index (χ0n) is 11.9. The van der Waals surface area contributed by atoms with Crippen molar-refractivity contribution >= 4 is 11.6 Å². The first-order valence-corrected chi connectivity index (χ1v) is 6.73. The van der Waals surface area contributed by atoms with Gasteiger partial charge in [-0.25, -0.2) is 0 Å². The van der Waals surface area contributed by atoms with Crippen molar-refractivity contribution in [3.63, 3.8) is 0 Å². The summed E-state index contributed by atoms with van der Waals surface area (Å²) in [6.07, 6.45) is 0.882. The van der Waals surface area contributed by atoms with Gasteiger partial charge in [0.2, 0.25) is 5.91 Å². The Balaban J connectivity index is 2.49. The number of nitrogens with one attached hydrogen (secondary N) is 1. The highest BCUT2D eigenvalue weighted by Gasteiger charge is 2.10. The van der Waals surface area contributed by atoms with Gasteiger partial charge < -0.3 is 15.2 Å². The summed E-state index contributed by atoms with van der Waals surface area (Å²) >= 11 is 0. The van der Waals surface area contributed by atoms with Gasteiger partial charge in [0.25, 0.3) is 0 Å². The molecule has 0 atom stereocenters. The van der Waals surface area contributed by atoms with Crippen molar-refractivity contribution in [3.8, 4) is 5.75 Å². The highest BCUT2D eigenvalue weighted by Crippen LogP contribution is 2.17. The molecule has 0 saturated heterocycles. The third-order valence-electron chi connectivity index (χ3n) is 2.69. The first kappa shape index (κ1) is 17.3. The zero-order valence-corrected chi connectivity index (χ0v) is 11.9. The normalized spacial score (nSPS) is 11.0. The van der Waals surface area contributed by atoms with E-state index >= 15 is 0 Å². The summed E-state index contributed by atoms with van der Waals surface area (Å²) in [4.78, 5) is 13.7. The van der Waals surface area contributed by atoms with E-state index in [1.165, 1.54) is 24.3 Å². The number of hydrogen-bond acceptors (Lipinski definition) is 4. The molecule has 1 amide bonds. The van der Waals surface area contributed by atoms with E-state index in [9.17, 15) is 13.6 Å². The molecule has 2 N–H and O–H groups in total. The second-order valence-corrected chi connectivity index (χ2v) is 4.45. The Morgan fingerprint density at radius 2 is 2.00 bits per heavy atom. The topological polar surface area (TPSA) is 61.8 Å². The molecule has 0 unspecified atom stereocenters. The Hall–Kier alpha value is -1.73. The molecule has 1 rings (SSSR count). The number of rotatable bonds is 9. The molecule has 5 nitrogen and oxygen atoms in total. The Bertz CT molecular complexity index is 421. The number of benzene rings is 1. The number of carbonyl (C=O) groups excluding carboxylic acids is 1. The summed E-state index contributed by atoms with van der Waals surface area (Å²) in [5, 5.41) is 11.6. The molecular formula is C14H20F2N2O3. The van der Waals surface area contributed by atoms with E-state index in [1.54, 1.807) is 0 Å². The Morgan fingerprint density at radius 3 is 2.52 bits per heavy atom. The molecule has 7 heteroatoms. The van der Waals surface area contributed by atoms with Gasteiger partial charge >= 0.3 is 6.61 Å². The maximum absolute atomic E-state index is 12.0. The largest absolute Gasteiger partial charge is 0.435 e. The first-order chi connectivity index (χ1) is 10.0. The molecule has 0 heterocycles. The number of aliphatic hydroxyl groups excluding tert-OH is 1. The molecule has 0 bridgehead atoms. The predicted molar refractivity (Wildman–Crippen MR) is 75.5 cm³/mol. The van der Waals surface area contributed by atoms with Gasteiger partial charge in [-0.15, -0.1) is 0 Å². The number of halogens is 2. The van der Waals surface area contributed by atoms with Crippen LogP contribution in [0.2, 0.25) is 0 Å². The highest BCUT2D eigenvalue weighted by atomic mass is 19.3. The molecular weight excluding hydrogens is 282 g/mol. The van der Waals surface area contributed by atoms with Crippen molar-refractivity contribution in [3.05, 3.63) is 24.3 Å². The predicted octanol–water partition coefficient (Wildman–Crippen LogP) is 1.93. The maximum Gasteiger partial charge on any atom is 0.387 e. The van der Waals surface area contributed by atoms with E-state index in [4.69, 9.17) is 5.11 Å². The van der Waals surface area contributed by atoms with Crippen molar-refractivity contribution < 1.29 is 23.4 Å². The number of amides is 1. The van der Waals surface area contributed by atoms with Gasteiger partial charge in [0.05, 0.1) is 13.2 Å². The summed E-state index contributed by atoms with van der Waals surface area (Å²) in [6.45, 7) is 0.435. The summed E-state index contributed by atoms with van der Waals surface area (Å²) in [6, 6.07) is 5.70. The lowest BCUT2D eigenvalue weighted by Crippen LogP contribution is -2.35. The van der Waals surface area contributed by atoms with Crippen LogP contribution in [0.25, 0.3) is 0 Å². The lowest BCUT2D eigenvalue weighted by Gasteiger charge is -2.19. The van der Waals surface area contributed by atoms with E-state index in [0.29, 0.717) is 12.2 Å². The third kappa shape index (κ3) is 7.01. The fourth-order valence-corrected chi connectivity index (χ4v) is 1.85. The molecule has 0 aliphatic heterocycles. The van der Waals surface area contributed by atoms with Crippen molar-refractivity contribution in [1.29, 1.82) is 0 Å². The molecule has 0 fully saturated rings. The van der Waals surface area contributed by atoms with Crippen molar-refractivity contribution in [2.75, 3.05) is 31.6 Å². The fraction of sp³-hybridized carbons (Fsp3) is 0.500. The minimum absolute atomic E-state index is 0.00700. The van der Waals surface area contributed by atoms with Crippen LogP contribution in [0.15, 0.2) is 24.3 Å². The second kappa shape index (κ2) is 9.25. The van der Waals surface area contributed by atoms with Crippen molar-refractivity contribution in [1.82, 2.24) is 4.90 Å². The Kier molecular flexibility index (Phi) is 7.63. The van der Waals surface area contributed by atoms with E-state index in [2.05, 4.69) is 10.1 Å². The Labute approximate surface area is 122 Å². The van der Waals surface area contributed by atoms with Gasteiger partial charge in [-0.05, 0) is 37.2 Å². The summed E-state index contributed by atoms with van der Waals surface area (Å²) in [5.41, 5.74) is 0.502. The monoisotopic (exact) mass is 302 g/mol. The quantitative estimate of drug-likeness (QED) is 0.732. The van der Waals surface area contributed by atoms with Crippen LogP contribution < -0.4 is 10.1 Å². The van der Waals surface area contributed by atoms with Gasteiger partial charge in [0, 0.05) is 12.2 Å². The number of ether oxygens (including phenoxy) is 1. The Morgan fingerprint density at radius 1 is 1.33 bits per heavy atom. The summed E-state index contributed by atoms with van der Waals surface area (Å²) < 4.78 is 28.2. The van der Waals surface area contributed by atoms with Crippen molar-refractivity contribution in [2.45, 2.75) is 20.0 Å². The molecule has 0 aromatic heterocycles. The van der Waals surface area contributed by atoms with Crippen LogP contribution in [0.4, 0.5) is 14.5 Å². The molecule has 0 saturated carbocycles. The lowest BCUT2D eigenvalue weighted by molar-refractivity contribution is -0.117. The highest BCUT2D eigenvalue weighted by molar-refractivity contribution is 5.92. The summed E-state index contributed by atoms with van der Waals surface area (Å²) in [7, 11) is 0. The van der Waals surface area contributed by atoms with Gasteiger partial charge in [0.1, 0.15) is 5.75 Å². The van der Waals surface area contributed by atoms with Gasteiger partial charge in [-0.2, -0.15) is 8.78 Å². The van der Waals surface area contributed by atoms with Crippen LogP contribution in [0.5, 0.6) is 5.75 Å². The first-order valence-electron chi connectivity index (χ1n) is 6.73. The molecule has 118 valence electrons. The maximum atomic E-state index is 12.0. The van der Waals surface area contributed by atoms with E-state index < -0.39 is 6.61 Å². The second-order valence-electron chi connectivity index (χ2n) is 4.45. The average Bonchev–Trinajstić information content (AvgIpc) is 2.41. The SMILES string of the molecule is CCCN(CCO)CC(=O)Nc1ccc(OC(F)F)cc1. The zero-order chi connectivity index (χ0) is 15.7. The molecule has 1 aromatic carbocycles. The fourth-order valence-electron chi connectivity index (χ4n) is 1.85. The van der Waals surface area contributed by atoms with Crippen molar-refractivity contribution in [2.24, 2.45) is 0 Å². The smallest absolute Gasteiger partial charge is 0.387 e. The molecule has 0 radical (unpaired) electrons. The number of aliphatic hydroxyl groups is 1. The van der Waals surface area contributed by atoms with E-state index in [1.807, 2.05) is 11.8 Å². The van der Waals surface area contributed by atoms with Crippen LogP contribution in [0.1, 0.15) is 13.3 Å². The van der Waals surface area contributed by atoms with Crippen LogP contribution in [-0.2, 0) is 4.79 Å². The van der Waals surface area contributed by atoms with Crippen LogP contribution in [0, 0.1) is 0 Å². The minimum atomic E-state index is -2.87. The average molecular weight is 302 g/mol. The number of alkyl halides is 2. The minimum Gasteiger partial charge on any atom is -0.435 e. The number of hydrogen-bond donors (Lipinski definition) is 2. The third-order valence-corrected chi connectivity index (χ3v) is 2.69. The van der Waals surface area contributed by atoms with Crippen LogP contribution in [0.3, 0.4) is 0 Å². The number of anilines is 1. The van der Waals surface area contributed by atoms with Crippen LogP contribution >= 0.6 is 0 Å². The van der Waals surface area contributed by atoms with Crippen LogP contribution in [-0.4, -0.2) is 48.8 Å². The standard InChI is InChI=1S/C14H20F2N2O3/c1-2-7-18(8-9-19)10-13(20)17-11-3-5-12(6-4-11)21-14(15)16/h3-6,14,19H,2,7-10H2,1H3,(H,17,20). The van der Waals surface area contributed by atoms with Gasteiger partial charge in [0.15, 0.2) is 0 Å². The lowest BCUT2D eigenvalue weighted by atomic mass is 10.3. The number of nitrogens with zero attached hydrogens (tertiary/aromatic N) is 1. The van der Waals surface area contributed by atoms with E-state index in [0.717, 1.165) is 13.0 Å².